The van der Waals surface area contributed by atoms with Gasteiger partial charge in [-0.3, -0.25) is 4.79 Å². The van der Waals surface area contributed by atoms with Gasteiger partial charge in [-0.2, -0.15) is 0 Å². The minimum atomic E-state index is -0.532. The average Bonchev–Trinajstić information content (AvgIpc) is 2.57. The van der Waals surface area contributed by atoms with Gasteiger partial charge in [-0.15, -0.1) is 0 Å². The van der Waals surface area contributed by atoms with E-state index in [2.05, 4.69) is 0 Å². The van der Waals surface area contributed by atoms with Crippen molar-refractivity contribution in [1.82, 2.24) is 4.90 Å². The predicted molar refractivity (Wildman–Crippen MR) is 84.5 cm³/mol. The second-order valence-electron chi connectivity index (χ2n) is 6.42. The molecule has 22 heavy (non-hydrogen) atoms. The summed E-state index contributed by atoms with van der Waals surface area (Å²) in [6, 6.07) is 7.72. The molecule has 0 spiro atoms. The van der Waals surface area contributed by atoms with Crippen LogP contribution in [-0.2, 0) is 16.1 Å². The zero-order valence-corrected chi connectivity index (χ0v) is 13.3. The molecule has 6 heteroatoms. The largest absolute Gasteiger partial charge is 0.444 e. The Morgan fingerprint density at radius 2 is 1.91 bits per heavy atom. The standard InChI is InChI=1S/C16H23N3O3/c1-16(2,3)22-15(21)19-9-8-18(11-14(17)20)13-7-5-4-6-12(13)10-19/h4-7H,8-11H2,1-3H3,(H2,17,20). The van der Waals surface area contributed by atoms with E-state index in [1.807, 2.05) is 49.9 Å². The fraction of sp³-hybridized carbons (Fsp3) is 0.500. The molecule has 0 atom stereocenters. The molecule has 0 radical (unpaired) electrons. The summed E-state index contributed by atoms with van der Waals surface area (Å²) in [4.78, 5) is 27.1. The van der Waals surface area contributed by atoms with Crippen LogP contribution in [0.3, 0.4) is 0 Å². The number of fused-ring (bicyclic) bond motifs is 1. The van der Waals surface area contributed by atoms with Crippen molar-refractivity contribution in [3.63, 3.8) is 0 Å². The van der Waals surface area contributed by atoms with E-state index in [1.54, 1.807) is 4.90 Å². The van der Waals surface area contributed by atoms with Crippen LogP contribution >= 0.6 is 0 Å². The average molecular weight is 305 g/mol. The Morgan fingerprint density at radius 3 is 2.55 bits per heavy atom. The topological polar surface area (TPSA) is 75.9 Å². The number of benzene rings is 1. The Bertz CT molecular complexity index is 566. The van der Waals surface area contributed by atoms with Gasteiger partial charge in [0, 0.05) is 18.8 Å². The summed E-state index contributed by atoms with van der Waals surface area (Å²) in [5.74, 6) is -0.388. The Balaban J connectivity index is 2.21. The van der Waals surface area contributed by atoms with Gasteiger partial charge in [-0.25, -0.2) is 4.79 Å². The molecule has 0 fully saturated rings. The summed E-state index contributed by atoms with van der Waals surface area (Å²) in [5, 5.41) is 0. The highest BCUT2D eigenvalue weighted by molar-refractivity contribution is 5.80. The molecular weight excluding hydrogens is 282 g/mol. The van der Waals surface area contributed by atoms with Crippen molar-refractivity contribution in [3.8, 4) is 0 Å². The van der Waals surface area contributed by atoms with E-state index < -0.39 is 5.60 Å². The first-order valence-electron chi connectivity index (χ1n) is 7.35. The number of ether oxygens (including phenoxy) is 1. The number of hydrogen-bond acceptors (Lipinski definition) is 4. The van der Waals surface area contributed by atoms with Crippen LogP contribution in [0.4, 0.5) is 10.5 Å². The van der Waals surface area contributed by atoms with E-state index in [4.69, 9.17) is 10.5 Å². The molecule has 0 aliphatic carbocycles. The number of nitrogens with two attached hydrogens (primary N) is 1. The zero-order valence-electron chi connectivity index (χ0n) is 13.3. The number of anilines is 1. The van der Waals surface area contributed by atoms with Gasteiger partial charge in [0.05, 0.1) is 13.1 Å². The number of nitrogens with zero attached hydrogens (tertiary/aromatic N) is 2. The molecular formula is C16H23N3O3. The molecule has 1 aromatic rings. The highest BCUT2D eigenvalue weighted by atomic mass is 16.6. The number of rotatable bonds is 2. The third kappa shape index (κ3) is 4.13. The van der Waals surface area contributed by atoms with Gasteiger partial charge in [-0.05, 0) is 32.4 Å². The number of carbonyl (C=O) groups excluding carboxylic acids is 2. The van der Waals surface area contributed by atoms with Gasteiger partial charge >= 0.3 is 6.09 Å². The minimum absolute atomic E-state index is 0.138. The molecule has 0 saturated heterocycles. The SMILES string of the molecule is CC(C)(C)OC(=O)N1CCN(CC(N)=O)c2ccccc2C1. The van der Waals surface area contributed by atoms with Crippen molar-refractivity contribution in [2.45, 2.75) is 32.9 Å². The number of primary amides is 1. The lowest BCUT2D eigenvalue weighted by atomic mass is 10.1. The molecule has 1 aliphatic rings. The molecule has 0 unspecified atom stereocenters. The van der Waals surface area contributed by atoms with E-state index in [9.17, 15) is 9.59 Å². The summed E-state index contributed by atoms with van der Waals surface area (Å²) < 4.78 is 5.44. The summed E-state index contributed by atoms with van der Waals surface area (Å²) >= 11 is 0. The Kier molecular flexibility index (Phi) is 4.59. The molecule has 1 heterocycles. The van der Waals surface area contributed by atoms with Gasteiger partial charge < -0.3 is 20.3 Å². The van der Waals surface area contributed by atoms with Crippen molar-refractivity contribution in [2.75, 3.05) is 24.5 Å². The lowest BCUT2D eigenvalue weighted by Crippen LogP contribution is -2.40. The zero-order chi connectivity index (χ0) is 16.3. The maximum absolute atomic E-state index is 12.3. The third-order valence-corrected chi connectivity index (χ3v) is 3.33. The normalized spacial score (nSPS) is 15.0. The van der Waals surface area contributed by atoms with Gasteiger partial charge in [-0.1, -0.05) is 18.2 Å². The van der Waals surface area contributed by atoms with E-state index >= 15 is 0 Å². The summed E-state index contributed by atoms with van der Waals surface area (Å²) in [5.41, 5.74) is 6.71. The van der Waals surface area contributed by atoms with Crippen molar-refractivity contribution < 1.29 is 14.3 Å². The summed E-state index contributed by atoms with van der Waals surface area (Å²) in [7, 11) is 0. The number of para-hydroxylation sites is 1. The van der Waals surface area contributed by atoms with Crippen LogP contribution in [0.1, 0.15) is 26.3 Å². The summed E-state index contributed by atoms with van der Waals surface area (Å²) in [6.07, 6.45) is -0.344. The minimum Gasteiger partial charge on any atom is -0.444 e. The number of hydrogen-bond donors (Lipinski definition) is 1. The highest BCUT2D eigenvalue weighted by Gasteiger charge is 2.27. The second kappa shape index (κ2) is 6.25. The maximum atomic E-state index is 12.3. The van der Waals surface area contributed by atoms with Gasteiger partial charge in [0.2, 0.25) is 5.91 Å². The van der Waals surface area contributed by atoms with Crippen LogP contribution in [0, 0.1) is 0 Å². The molecule has 2 N–H and O–H groups in total. The van der Waals surface area contributed by atoms with Crippen LogP contribution < -0.4 is 10.6 Å². The molecule has 1 aromatic carbocycles. The quantitative estimate of drug-likeness (QED) is 0.903. The predicted octanol–water partition coefficient (Wildman–Crippen LogP) is 1.73. The molecule has 120 valence electrons. The number of carbonyl (C=O) groups is 2. The van der Waals surface area contributed by atoms with Crippen molar-refractivity contribution in [1.29, 1.82) is 0 Å². The van der Waals surface area contributed by atoms with Crippen molar-refractivity contribution >= 4 is 17.7 Å². The van der Waals surface area contributed by atoms with Crippen LogP contribution in [0.25, 0.3) is 0 Å². The molecule has 1 aliphatic heterocycles. The summed E-state index contributed by atoms with van der Waals surface area (Å²) in [6.45, 7) is 7.15. The van der Waals surface area contributed by atoms with Gasteiger partial charge in [0.15, 0.2) is 0 Å². The fourth-order valence-corrected chi connectivity index (χ4v) is 2.43. The lowest BCUT2D eigenvalue weighted by Gasteiger charge is -2.26. The van der Waals surface area contributed by atoms with Crippen molar-refractivity contribution in [3.05, 3.63) is 29.8 Å². The lowest BCUT2D eigenvalue weighted by molar-refractivity contribution is -0.116. The van der Waals surface area contributed by atoms with Crippen LogP contribution in [0.5, 0.6) is 0 Å². The first kappa shape index (κ1) is 16.1. The molecule has 0 bridgehead atoms. The van der Waals surface area contributed by atoms with E-state index in [0.717, 1.165) is 11.3 Å². The van der Waals surface area contributed by atoms with E-state index in [0.29, 0.717) is 19.6 Å². The van der Waals surface area contributed by atoms with Crippen LogP contribution in [0.15, 0.2) is 24.3 Å². The van der Waals surface area contributed by atoms with Gasteiger partial charge in [0.25, 0.3) is 0 Å². The molecule has 0 aromatic heterocycles. The van der Waals surface area contributed by atoms with E-state index in [-0.39, 0.29) is 18.5 Å². The molecule has 2 rings (SSSR count). The first-order chi connectivity index (χ1) is 10.3. The highest BCUT2D eigenvalue weighted by Crippen LogP contribution is 2.25. The van der Waals surface area contributed by atoms with E-state index in [1.165, 1.54) is 0 Å². The smallest absolute Gasteiger partial charge is 0.410 e. The van der Waals surface area contributed by atoms with Crippen molar-refractivity contribution in [2.24, 2.45) is 5.73 Å². The maximum Gasteiger partial charge on any atom is 0.410 e. The monoisotopic (exact) mass is 305 g/mol. The van der Waals surface area contributed by atoms with Crippen LogP contribution in [-0.4, -0.2) is 42.1 Å². The third-order valence-electron chi connectivity index (χ3n) is 3.33. The molecule has 0 saturated carbocycles. The Hall–Kier alpha value is -2.24. The Labute approximate surface area is 130 Å². The second-order valence-corrected chi connectivity index (χ2v) is 6.42. The number of amides is 2. The fourth-order valence-electron chi connectivity index (χ4n) is 2.43. The molecule has 2 amide bonds. The van der Waals surface area contributed by atoms with Gasteiger partial charge in [0.1, 0.15) is 5.60 Å². The Morgan fingerprint density at radius 1 is 1.23 bits per heavy atom. The first-order valence-corrected chi connectivity index (χ1v) is 7.35. The van der Waals surface area contributed by atoms with Crippen LogP contribution in [0.2, 0.25) is 0 Å². The molecule has 6 nitrogen and oxygen atoms in total.